The highest BCUT2D eigenvalue weighted by Gasteiger charge is 2.05. The Morgan fingerprint density at radius 2 is 1.82 bits per heavy atom. The molecule has 116 valence electrons. The summed E-state index contributed by atoms with van der Waals surface area (Å²) in [6.45, 7) is 2.07. The average Bonchev–Trinajstić information content (AvgIpc) is 2.52. The van der Waals surface area contributed by atoms with Crippen LogP contribution in [-0.4, -0.2) is 20.1 Å². The number of methoxy groups -OCH3 is 2. The van der Waals surface area contributed by atoms with Gasteiger partial charge in [-0.2, -0.15) is 0 Å². The van der Waals surface area contributed by atoms with Crippen molar-refractivity contribution in [2.24, 2.45) is 0 Å². The van der Waals surface area contributed by atoms with Crippen molar-refractivity contribution in [1.29, 1.82) is 0 Å². The van der Waals surface area contributed by atoms with E-state index in [2.05, 4.69) is 10.6 Å². The normalized spacial score (nSPS) is 9.95. The molecule has 2 aromatic rings. The highest BCUT2D eigenvalue weighted by atomic mass is 16.5. The molecule has 5 nitrogen and oxygen atoms in total. The Balaban J connectivity index is 2.11. The van der Waals surface area contributed by atoms with Gasteiger partial charge in [0.25, 0.3) is 0 Å². The van der Waals surface area contributed by atoms with Crippen LogP contribution in [-0.2, 0) is 11.3 Å². The topological polar surface area (TPSA) is 59.6 Å². The van der Waals surface area contributed by atoms with Crippen molar-refractivity contribution in [3.63, 3.8) is 0 Å². The number of anilines is 2. The Morgan fingerprint density at radius 1 is 1.05 bits per heavy atom. The minimum absolute atomic E-state index is 0.0911. The van der Waals surface area contributed by atoms with E-state index in [4.69, 9.17) is 9.47 Å². The lowest BCUT2D eigenvalue weighted by atomic mass is 10.1. The number of ether oxygens (including phenoxy) is 2. The highest BCUT2D eigenvalue weighted by molar-refractivity contribution is 5.89. The molecule has 5 heteroatoms. The summed E-state index contributed by atoms with van der Waals surface area (Å²) < 4.78 is 10.6. The number of hydrogen-bond acceptors (Lipinski definition) is 4. The van der Waals surface area contributed by atoms with Gasteiger partial charge in [-0.3, -0.25) is 4.79 Å². The van der Waals surface area contributed by atoms with Crippen LogP contribution in [0.3, 0.4) is 0 Å². The van der Waals surface area contributed by atoms with E-state index in [1.807, 2.05) is 42.5 Å². The Hall–Kier alpha value is -2.69. The van der Waals surface area contributed by atoms with Crippen molar-refractivity contribution in [3.05, 3.63) is 48.0 Å². The van der Waals surface area contributed by atoms with Gasteiger partial charge in [0.2, 0.25) is 5.91 Å². The van der Waals surface area contributed by atoms with Crippen molar-refractivity contribution >= 4 is 17.3 Å². The monoisotopic (exact) mass is 300 g/mol. The zero-order valence-electron chi connectivity index (χ0n) is 13.0. The van der Waals surface area contributed by atoms with Crippen molar-refractivity contribution in [1.82, 2.24) is 0 Å². The summed E-state index contributed by atoms with van der Waals surface area (Å²) in [6, 6.07) is 13.2. The van der Waals surface area contributed by atoms with Gasteiger partial charge in [-0.1, -0.05) is 6.07 Å². The van der Waals surface area contributed by atoms with Crippen molar-refractivity contribution < 1.29 is 14.3 Å². The molecule has 0 bridgehead atoms. The molecular weight excluding hydrogens is 280 g/mol. The second-order valence-corrected chi connectivity index (χ2v) is 4.79. The maximum Gasteiger partial charge on any atom is 0.221 e. The van der Waals surface area contributed by atoms with Crippen molar-refractivity contribution in [3.8, 4) is 11.5 Å². The Morgan fingerprint density at radius 3 is 2.50 bits per heavy atom. The van der Waals surface area contributed by atoms with Crippen LogP contribution in [0.2, 0.25) is 0 Å². The standard InChI is InChI=1S/C17H20N2O3/c1-12(20)19-15-6-4-5-14(10-15)18-11-13-9-16(21-2)7-8-17(13)22-3/h4-10,18H,11H2,1-3H3,(H,19,20). The molecule has 2 aromatic carbocycles. The number of nitrogens with one attached hydrogen (secondary N) is 2. The van der Waals surface area contributed by atoms with Gasteiger partial charge in [0.1, 0.15) is 11.5 Å². The number of rotatable bonds is 6. The minimum atomic E-state index is -0.0911. The van der Waals surface area contributed by atoms with Crippen LogP contribution in [0.4, 0.5) is 11.4 Å². The van der Waals surface area contributed by atoms with E-state index >= 15 is 0 Å². The van der Waals surface area contributed by atoms with Gasteiger partial charge in [-0.25, -0.2) is 0 Å². The van der Waals surface area contributed by atoms with E-state index in [0.29, 0.717) is 6.54 Å². The molecule has 2 rings (SSSR count). The summed E-state index contributed by atoms with van der Waals surface area (Å²) in [5.41, 5.74) is 2.66. The maximum atomic E-state index is 11.1. The molecule has 2 N–H and O–H groups in total. The lowest BCUT2D eigenvalue weighted by Gasteiger charge is -2.13. The smallest absolute Gasteiger partial charge is 0.221 e. The third-order valence-electron chi connectivity index (χ3n) is 3.15. The molecule has 0 aliphatic carbocycles. The predicted octanol–water partition coefficient (Wildman–Crippen LogP) is 3.27. The fraction of sp³-hybridized carbons (Fsp3) is 0.235. The molecule has 0 fully saturated rings. The van der Waals surface area contributed by atoms with Crippen LogP contribution in [0, 0.1) is 0 Å². The SMILES string of the molecule is COc1ccc(OC)c(CNc2cccc(NC(C)=O)c2)c1. The Kier molecular flexibility index (Phi) is 5.25. The fourth-order valence-corrected chi connectivity index (χ4v) is 2.13. The minimum Gasteiger partial charge on any atom is -0.497 e. The molecule has 22 heavy (non-hydrogen) atoms. The van der Waals surface area contributed by atoms with E-state index in [9.17, 15) is 4.79 Å². The first kappa shape index (κ1) is 15.7. The number of carbonyl (C=O) groups is 1. The third-order valence-corrected chi connectivity index (χ3v) is 3.15. The van der Waals surface area contributed by atoms with Gasteiger partial charge in [-0.15, -0.1) is 0 Å². The molecule has 1 amide bonds. The van der Waals surface area contributed by atoms with Crippen LogP contribution < -0.4 is 20.1 Å². The van der Waals surface area contributed by atoms with Crippen molar-refractivity contribution in [2.75, 3.05) is 24.9 Å². The summed E-state index contributed by atoms with van der Waals surface area (Å²) in [4.78, 5) is 11.1. The Bertz CT molecular complexity index is 656. The third kappa shape index (κ3) is 4.15. The van der Waals surface area contributed by atoms with Crippen LogP contribution >= 0.6 is 0 Å². The summed E-state index contributed by atoms with van der Waals surface area (Å²) in [7, 11) is 3.28. The van der Waals surface area contributed by atoms with Crippen LogP contribution in [0.5, 0.6) is 11.5 Å². The summed E-state index contributed by atoms with van der Waals surface area (Å²) in [5.74, 6) is 1.49. The largest absolute Gasteiger partial charge is 0.497 e. The molecular formula is C17H20N2O3. The lowest BCUT2D eigenvalue weighted by molar-refractivity contribution is -0.114. The molecule has 0 aliphatic rings. The molecule has 0 aliphatic heterocycles. The van der Waals surface area contributed by atoms with E-state index in [-0.39, 0.29) is 5.91 Å². The number of amides is 1. The Labute approximate surface area is 130 Å². The number of hydrogen-bond donors (Lipinski definition) is 2. The van der Waals surface area contributed by atoms with Crippen LogP contribution in [0.1, 0.15) is 12.5 Å². The molecule has 0 unspecified atom stereocenters. The molecule has 0 radical (unpaired) electrons. The zero-order chi connectivity index (χ0) is 15.9. The average molecular weight is 300 g/mol. The number of carbonyl (C=O) groups excluding carboxylic acids is 1. The number of benzene rings is 2. The fourth-order valence-electron chi connectivity index (χ4n) is 2.13. The lowest BCUT2D eigenvalue weighted by Crippen LogP contribution is -2.06. The van der Waals surface area contributed by atoms with E-state index in [0.717, 1.165) is 28.4 Å². The predicted molar refractivity (Wildman–Crippen MR) is 87.6 cm³/mol. The summed E-state index contributed by atoms with van der Waals surface area (Å²) in [6.07, 6.45) is 0. The molecule has 0 heterocycles. The first-order valence-corrected chi connectivity index (χ1v) is 6.95. The summed E-state index contributed by atoms with van der Waals surface area (Å²) in [5, 5.41) is 6.07. The molecule has 0 spiro atoms. The van der Waals surface area contributed by atoms with Gasteiger partial charge < -0.3 is 20.1 Å². The molecule has 0 atom stereocenters. The first-order valence-electron chi connectivity index (χ1n) is 6.95. The van der Waals surface area contributed by atoms with E-state index < -0.39 is 0 Å². The maximum absolute atomic E-state index is 11.1. The van der Waals surface area contributed by atoms with E-state index in [1.54, 1.807) is 14.2 Å². The van der Waals surface area contributed by atoms with Crippen LogP contribution in [0.15, 0.2) is 42.5 Å². The second-order valence-electron chi connectivity index (χ2n) is 4.79. The quantitative estimate of drug-likeness (QED) is 0.859. The molecule has 0 saturated carbocycles. The van der Waals surface area contributed by atoms with Gasteiger partial charge in [0.15, 0.2) is 0 Å². The summed E-state index contributed by atoms with van der Waals surface area (Å²) >= 11 is 0. The van der Waals surface area contributed by atoms with Gasteiger partial charge in [-0.05, 0) is 36.4 Å². The van der Waals surface area contributed by atoms with Gasteiger partial charge in [0.05, 0.1) is 14.2 Å². The van der Waals surface area contributed by atoms with Crippen molar-refractivity contribution in [2.45, 2.75) is 13.5 Å². The van der Waals surface area contributed by atoms with Gasteiger partial charge in [0, 0.05) is 30.4 Å². The molecule has 0 aromatic heterocycles. The first-order chi connectivity index (χ1) is 10.6. The second kappa shape index (κ2) is 7.36. The molecule has 0 saturated heterocycles. The van der Waals surface area contributed by atoms with Crippen LogP contribution in [0.25, 0.3) is 0 Å². The van der Waals surface area contributed by atoms with Gasteiger partial charge >= 0.3 is 0 Å². The highest BCUT2D eigenvalue weighted by Crippen LogP contribution is 2.25. The van der Waals surface area contributed by atoms with E-state index in [1.165, 1.54) is 6.92 Å². The zero-order valence-corrected chi connectivity index (χ0v) is 13.0.